The van der Waals surface area contributed by atoms with Crippen molar-refractivity contribution in [3.63, 3.8) is 0 Å². The molecule has 0 aliphatic rings. The SMILES string of the molecule is CC/C=C\C/C=C\C/C=C\C/C=C\C/C=C\C/C=C\CCCCCCCCCCCCCCCCCCCCCCCCC(=O)OC(COC(=O)CCCCCCCCCCCCCCCCCC/C=C\C/C=C\C/C=C\CCCCCCC)COP(=O)(O)OCCN. The summed E-state index contributed by atoms with van der Waals surface area (Å²) in [5, 5.41) is 0. The van der Waals surface area contributed by atoms with E-state index in [-0.39, 0.29) is 38.6 Å². The van der Waals surface area contributed by atoms with E-state index in [2.05, 4.69) is 123 Å². The summed E-state index contributed by atoms with van der Waals surface area (Å²) in [5.74, 6) is -0.812. The van der Waals surface area contributed by atoms with Gasteiger partial charge in [-0.25, -0.2) is 4.57 Å². The van der Waals surface area contributed by atoms with Crippen LogP contribution in [-0.4, -0.2) is 49.3 Å². The summed E-state index contributed by atoms with van der Waals surface area (Å²) in [6.45, 7) is 3.67. The number of phosphoric acid groups is 1. The molecule has 0 radical (unpaired) electrons. The Balaban J connectivity index is 3.79. The van der Waals surface area contributed by atoms with Crippen molar-refractivity contribution in [3.8, 4) is 0 Å². The summed E-state index contributed by atoms with van der Waals surface area (Å²) < 4.78 is 33.3. The summed E-state index contributed by atoms with van der Waals surface area (Å²) in [6, 6.07) is 0. The first-order chi connectivity index (χ1) is 45.8. The van der Waals surface area contributed by atoms with E-state index in [4.69, 9.17) is 24.3 Å². The molecule has 0 saturated heterocycles. The van der Waals surface area contributed by atoms with Crippen molar-refractivity contribution in [2.75, 3.05) is 26.4 Å². The summed E-state index contributed by atoms with van der Waals surface area (Å²) in [4.78, 5) is 35.5. The van der Waals surface area contributed by atoms with Crippen molar-refractivity contribution in [2.45, 2.75) is 380 Å². The van der Waals surface area contributed by atoms with Gasteiger partial charge in [-0.1, -0.05) is 367 Å². The van der Waals surface area contributed by atoms with Crippen LogP contribution < -0.4 is 5.73 Å². The van der Waals surface area contributed by atoms with Gasteiger partial charge in [0.05, 0.1) is 13.2 Å². The Hall–Kier alpha value is -3.33. The van der Waals surface area contributed by atoms with E-state index in [0.717, 1.165) is 83.5 Å². The van der Waals surface area contributed by atoms with E-state index in [9.17, 15) is 19.0 Å². The highest BCUT2D eigenvalue weighted by Crippen LogP contribution is 2.43. The van der Waals surface area contributed by atoms with Crippen LogP contribution in [0.4, 0.5) is 0 Å². The third-order valence-corrected chi connectivity index (χ3v) is 18.1. The number of rotatable bonds is 74. The fraction of sp³-hybridized carbons (Fsp3) is 0.759. The highest BCUT2D eigenvalue weighted by Gasteiger charge is 2.26. The van der Waals surface area contributed by atoms with Crippen molar-refractivity contribution < 1.29 is 37.6 Å². The average Bonchev–Trinajstić information content (AvgIpc) is 3.49. The number of nitrogens with two attached hydrogens (primary N) is 1. The number of carbonyl (C=O) groups is 2. The second-order valence-corrected chi connectivity index (χ2v) is 27.7. The smallest absolute Gasteiger partial charge is 0.462 e. The minimum atomic E-state index is -4.40. The lowest BCUT2D eigenvalue weighted by atomic mass is 10.0. The van der Waals surface area contributed by atoms with E-state index >= 15 is 0 Å². The molecular formula is C83H148NO8P. The average molecular weight is 1320 g/mol. The summed E-state index contributed by atoms with van der Waals surface area (Å²) in [5.41, 5.74) is 5.41. The molecule has 0 aromatic heterocycles. The molecule has 2 unspecified atom stereocenters. The van der Waals surface area contributed by atoms with Crippen LogP contribution in [0.1, 0.15) is 373 Å². The molecule has 538 valence electrons. The lowest BCUT2D eigenvalue weighted by Crippen LogP contribution is -2.29. The third-order valence-electron chi connectivity index (χ3n) is 17.1. The zero-order chi connectivity index (χ0) is 67.2. The quantitative estimate of drug-likeness (QED) is 0.0264. The van der Waals surface area contributed by atoms with E-state index in [1.54, 1.807) is 0 Å². The fourth-order valence-electron chi connectivity index (χ4n) is 11.4. The lowest BCUT2D eigenvalue weighted by Gasteiger charge is -2.19. The first-order valence-corrected chi connectivity index (χ1v) is 40.9. The molecule has 9 nitrogen and oxygen atoms in total. The first-order valence-electron chi connectivity index (χ1n) is 39.4. The van der Waals surface area contributed by atoms with Crippen molar-refractivity contribution in [1.82, 2.24) is 0 Å². The predicted octanol–water partition coefficient (Wildman–Crippen LogP) is 26.4. The van der Waals surface area contributed by atoms with Gasteiger partial charge in [-0.3, -0.25) is 18.6 Å². The van der Waals surface area contributed by atoms with Gasteiger partial charge in [-0.15, -0.1) is 0 Å². The van der Waals surface area contributed by atoms with Crippen LogP contribution in [0.5, 0.6) is 0 Å². The summed E-state index contributed by atoms with van der Waals surface area (Å²) in [6.07, 6.45) is 108. The minimum Gasteiger partial charge on any atom is -0.462 e. The van der Waals surface area contributed by atoms with Crippen LogP contribution in [0.15, 0.2) is 109 Å². The van der Waals surface area contributed by atoms with Gasteiger partial charge < -0.3 is 20.1 Å². The number of allylic oxidation sites excluding steroid dienone is 18. The predicted molar refractivity (Wildman–Crippen MR) is 404 cm³/mol. The molecule has 0 heterocycles. The normalized spacial score (nSPS) is 13.5. The summed E-state index contributed by atoms with van der Waals surface area (Å²) in [7, 11) is -4.40. The standard InChI is InChI=1S/C83H148NO8P/c1-3-5-7-9-11-13-15-17-19-21-23-25-27-29-31-33-35-36-37-38-39-40-41-42-43-44-46-48-50-52-54-56-58-60-62-64-66-68-70-72-74-76-83(86)92-81(80-91-93(87,88)90-78-77-84)79-89-82(85)75-73-71-69-67-65-63-61-59-57-55-53-51-49-47-45-34-32-30-28-26-24-22-20-18-16-14-12-10-8-6-4-2/h5,7,11,13,16-19,22-25,28-31,35-36,81H,3-4,6,8-10,12,14-15,20-21,26-27,32-34,37-80,84H2,1-2H3,(H,87,88)/b7-5-,13-11-,18-16-,19-17-,24-22-,25-23-,30-28-,31-29-,36-35-. The van der Waals surface area contributed by atoms with Gasteiger partial charge >= 0.3 is 19.8 Å². The van der Waals surface area contributed by atoms with Gasteiger partial charge in [0, 0.05) is 19.4 Å². The van der Waals surface area contributed by atoms with E-state index in [0.29, 0.717) is 6.42 Å². The highest BCUT2D eigenvalue weighted by molar-refractivity contribution is 7.47. The van der Waals surface area contributed by atoms with Crippen LogP contribution in [0.3, 0.4) is 0 Å². The Kier molecular flexibility index (Phi) is 74.9. The lowest BCUT2D eigenvalue weighted by molar-refractivity contribution is -0.161. The zero-order valence-corrected chi connectivity index (χ0v) is 61.6. The summed E-state index contributed by atoms with van der Waals surface area (Å²) >= 11 is 0. The highest BCUT2D eigenvalue weighted by atomic mass is 31.2. The van der Waals surface area contributed by atoms with Crippen LogP contribution >= 0.6 is 7.82 Å². The molecule has 0 fully saturated rings. The van der Waals surface area contributed by atoms with E-state index in [1.165, 1.54) is 257 Å². The minimum absolute atomic E-state index is 0.0526. The molecule has 10 heteroatoms. The fourth-order valence-corrected chi connectivity index (χ4v) is 12.1. The maximum absolute atomic E-state index is 12.8. The van der Waals surface area contributed by atoms with Crippen molar-refractivity contribution in [3.05, 3.63) is 109 Å². The Morgan fingerprint density at radius 3 is 0.882 bits per heavy atom. The van der Waals surface area contributed by atoms with Crippen LogP contribution in [0, 0.1) is 0 Å². The Morgan fingerprint density at radius 2 is 0.591 bits per heavy atom. The van der Waals surface area contributed by atoms with Crippen molar-refractivity contribution in [2.24, 2.45) is 5.73 Å². The largest absolute Gasteiger partial charge is 0.472 e. The molecule has 0 aromatic carbocycles. The molecule has 0 aliphatic carbocycles. The van der Waals surface area contributed by atoms with Crippen LogP contribution in [-0.2, 0) is 32.7 Å². The zero-order valence-electron chi connectivity index (χ0n) is 60.7. The number of unbranched alkanes of at least 4 members (excludes halogenated alkanes) is 43. The molecular weight excluding hydrogens is 1170 g/mol. The monoisotopic (exact) mass is 1320 g/mol. The van der Waals surface area contributed by atoms with Gasteiger partial charge in [0.1, 0.15) is 6.61 Å². The molecule has 0 spiro atoms. The number of phosphoric ester groups is 1. The topological polar surface area (TPSA) is 134 Å². The molecule has 93 heavy (non-hydrogen) atoms. The van der Waals surface area contributed by atoms with Crippen LogP contribution in [0.2, 0.25) is 0 Å². The van der Waals surface area contributed by atoms with Gasteiger partial charge in [-0.05, 0) is 103 Å². The number of carbonyl (C=O) groups excluding carboxylic acids is 2. The van der Waals surface area contributed by atoms with E-state index < -0.39 is 26.5 Å². The van der Waals surface area contributed by atoms with Crippen molar-refractivity contribution in [1.29, 1.82) is 0 Å². The maximum atomic E-state index is 12.8. The Bertz CT molecular complexity index is 1900. The van der Waals surface area contributed by atoms with Crippen LogP contribution in [0.25, 0.3) is 0 Å². The Labute approximate surface area is 575 Å². The molecule has 0 rings (SSSR count). The van der Waals surface area contributed by atoms with E-state index in [1.807, 2.05) is 0 Å². The number of ether oxygens (including phenoxy) is 2. The molecule has 0 aromatic rings. The van der Waals surface area contributed by atoms with Gasteiger partial charge in [-0.2, -0.15) is 0 Å². The Morgan fingerprint density at radius 1 is 0.333 bits per heavy atom. The van der Waals surface area contributed by atoms with Gasteiger partial charge in [0.15, 0.2) is 6.10 Å². The second-order valence-electron chi connectivity index (χ2n) is 26.2. The van der Waals surface area contributed by atoms with Crippen molar-refractivity contribution >= 4 is 19.8 Å². The maximum Gasteiger partial charge on any atom is 0.472 e. The molecule has 0 aliphatic heterocycles. The number of esters is 2. The molecule has 0 amide bonds. The molecule has 2 atom stereocenters. The number of hydrogen-bond acceptors (Lipinski definition) is 8. The third kappa shape index (κ3) is 77.6. The molecule has 3 N–H and O–H groups in total. The molecule has 0 bridgehead atoms. The first kappa shape index (κ1) is 89.7. The number of hydrogen-bond donors (Lipinski definition) is 2. The van der Waals surface area contributed by atoms with Gasteiger partial charge in [0.25, 0.3) is 0 Å². The second kappa shape index (κ2) is 77.7. The molecule has 0 saturated carbocycles. The van der Waals surface area contributed by atoms with Gasteiger partial charge in [0.2, 0.25) is 0 Å².